The van der Waals surface area contributed by atoms with E-state index in [-0.39, 0.29) is 17.4 Å². The van der Waals surface area contributed by atoms with Crippen molar-refractivity contribution in [2.24, 2.45) is 0 Å². The topological polar surface area (TPSA) is 89.3 Å². The SMILES string of the molecule is CCCC1CC(=O)NC(SCc2nc(-c3ccc(OCC)cc3)no2)N1. The molecule has 26 heavy (non-hydrogen) atoms. The van der Waals surface area contributed by atoms with E-state index in [0.29, 0.717) is 30.5 Å². The number of nitrogens with zero attached hydrogens (tertiary/aromatic N) is 2. The number of hydrogen-bond acceptors (Lipinski definition) is 7. The standard InChI is InChI=1S/C18H24N4O3S/c1-3-5-13-10-15(23)20-18(19-13)26-11-16-21-17(22-25-16)12-6-8-14(9-7-12)24-4-2/h6-9,13,18-19H,3-5,10-11H2,1-2H3,(H,20,23). The molecular weight excluding hydrogens is 352 g/mol. The monoisotopic (exact) mass is 376 g/mol. The molecule has 8 heteroatoms. The Kier molecular flexibility index (Phi) is 6.51. The predicted molar refractivity (Wildman–Crippen MR) is 101 cm³/mol. The molecule has 2 N–H and O–H groups in total. The first-order valence-corrected chi connectivity index (χ1v) is 9.95. The maximum atomic E-state index is 11.8. The van der Waals surface area contributed by atoms with Gasteiger partial charge in [0, 0.05) is 18.0 Å². The van der Waals surface area contributed by atoms with Crippen LogP contribution in [0.5, 0.6) is 5.75 Å². The summed E-state index contributed by atoms with van der Waals surface area (Å²) in [5.74, 6) is 2.51. The average Bonchev–Trinajstić information content (AvgIpc) is 3.10. The summed E-state index contributed by atoms with van der Waals surface area (Å²) in [6.45, 7) is 4.70. The summed E-state index contributed by atoms with van der Waals surface area (Å²) in [5, 5.41) is 10.4. The molecule has 1 amide bonds. The van der Waals surface area contributed by atoms with Crippen molar-refractivity contribution in [3.05, 3.63) is 30.2 Å². The van der Waals surface area contributed by atoms with Crippen molar-refractivity contribution in [2.75, 3.05) is 6.61 Å². The molecule has 0 bridgehead atoms. The van der Waals surface area contributed by atoms with Gasteiger partial charge in [0.1, 0.15) is 11.2 Å². The lowest BCUT2D eigenvalue weighted by molar-refractivity contribution is -0.123. The fraction of sp³-hybridized carbons (Fsp3) is 0.500. The quantitative estimate of drug-likeness (QED) is 0.732. The van der Waals surface area contributed by atoms with Gasteiger partial charge < -0.3 is 14.6 Å². The average molecular weight is 376 g/mol. The van der Waals surface area contributed by atoms with E-state index in [9.17, 15) is 4.79 Å². The lowest BCUT2D eigenvalue weighted by atomic mass is 10.1. The number of carbonyl (C=O) groups excluding carboxylic acids is 1. The molecule has 2 heterocycles. The number of carbonyl (C=O) groups is 1. The molecule has 0 saturated carbocycles. The molecule has 0 spiro atoms. The van der Waals surface area contributed by atoms with E-state index in [1.54, 1.807) is 11.8 Å². The predicted octanol–water partition coefficient (Wildman–Crippen LogP) is 2.93. The van der Waals surface area contributed by atoms with E-state index >= 15 is 0 Å². The maximum Gasteiger partial charge on any atom is 0.237 e. The van der Waals surface area contributed by atoms with E-state index in [1.165, 1.54) is 0 Å². The molecule has 140 valence electrons. The zero-order valence-electron chi connectivity index (χ0n) is 15.0. The first-order chi connectivity index (χ1) is 12.7. The highest BCUT2D eigenvalue weighted by molar-refractivity contribution is 7.99. The number of aromatic nitrogens is 2. The van der Waals surface area contributed by atoms with E-state index in [4.69, 9.17) is 9.26 Å². The first kappa shape index (κ1) is 18.7. The minimum absolute atomic E-state index is 0.0836. The highest BCUT2D eigenvalue weighted by Crippen LogP contribution is 2.23. The Morgan fingerprint density at radius 2 is 2.12 bits per heavy atom. The Hall–Kier alpha value is -2.06. The van der Waals surface area contributed by atoms with Gasteiger partial charge in [0.15, 0.2) is 0 Å². The number of hydrogen-bond donors (Lipinski definition) is 2. The normalized spacial score (nSPS) is 20.0. The van der Waals surface area contributed by atoms with Crippen LogP contribution in [0.4, 0.5) is 0 Å². The van der Waals surface area contributed by atoms with E-state index in [2.05, 4.69) is 27.7 Å². The molecule has 1 aromatic heterocycles. The van der Waals surface area contributed by atoms with Crippen LogP contribution in [0.25, 0.3) is 11.4 Å². The lowest BCUT2D eigenvalue weighted by Gasteiger charge is -2.30. The highest BCUT2D eigenvalue weighted by atomic mass is 32.2. The van der Waals surface area contributed by atoms with Crippen molar-refractivity contribution in [1.82, 2.24) is 20.8 Å². The first-order valence-electron chi connectivity index (χ1n) is 8.90. The summed E-state index contributed by atoms with van der Waals surface area (Å²) < 4.78 is 10.8. The summed E-state index contributed by atoms with van der Waals surface area (Å²) in [5.41, 5.74) is 0.745. The Balaban J connectivity index is 1.55. The number of ether oxygens (including phenoxy) is 1. The van der Waals surface area contributed by atoms with Gasteiger partial charge in [-0.1, -0.05) is 18.5 Å². The van der Waals surface area contributed by atoms with Gasteiger partial charge in [-0.2, -0.15) is 4.98 Å². The van der Waals surface area contributed by atoms with Gasteiger partial charge in [-0.25, -0.2) is 0 Å². The molecule has 7 nitrogen and oxygen atoms in total. The van der Waals surface area contributed by atoms with Crippen LogP contribution in [0.15, 0.2) is 28.8 Å². The van der Waals surface area contributed by atoms with Crippen molar-refractivity contribution in [2.45, 2.75) is 50.4 Å². The Morgan fingerprint density at radius 3 is 2.85 bits per heavy atom. The Labute approximate surface area is 157 Å². The van der Waals surface area contributed by atoms with Crippen molar-refractivity contribution < 1.29 is 14.1 Å². The highest BCUT2D eigenvalue weighted by Gasteiger charge is 2.25. The van der Waals surface area contributed by atoms with E-state index < -0.39 is 0 Å². The lowest BCUT2D eigenvalue weighted by Crippen LogP contribution is -2.54. The summed E-state index contributed by atoms with van der Waals surface area (Å²) in [4.78, 5) is 16.2. The third-order valence-corrected chi connectivity index (χ3v) is 5.01. The summed E-state index contributed by atoms with van der Waals surface area (Å²) in [6.07, 6.45) is 2.58. The fourth-order valence-electron chi connectivity index (χ4n) is 2.82. The fourth-order valence-corrected chi connectivity index (χ4v) is 3.75. The van der Waals surface area contributed by atoms with Gasteiger partial charge in [0.05, 0.1) is 12.4 Å². The molecule has 3 rings (SSSR count). The third kappa shape index (κ3) is 4.98. The second-order valence-corrected chi connectivity index (χ2v) is 7.18. The smallest absolute Gasteiger partial charge is 0.237 e. The Bertz CT molecular complexity index is 719. The van der Waals surface area contributed by atoms with Gasteiger partial charge in [0.2, 0.25) is 17.6 Å². The van der Waals surface area contributed by atoms with Crippen LogP contribution in [-0.4, -0.2) is 34.2 Å². The zero-order chi connectivity index (χ0) is 18.4. The number of thioether (sulfide) groups is 1. The second kappa shape index (κ2) is 9.05. The van der Waals surface area contributed by atoms with Gasteiger partial charge in [0.25, 0.3) is 0 Å². The molecule has 0 aliphatic carbocycles. The van der Waals surface area contributed by atoms with Crippen molar-refractivity contribution in [3.8, 4) is 17.1 Å². The summed E-state index contributed by atoms with van der Waals surface area (Å²) in [7, 11) is 0. The van der Waals surface area contributed by atoms with Gasteiger partial charge in [-0.05, 0) is 37.6 Å². The molecule has 0 radical (unpaired) electrons. The van der Waals surface area contributed by atoms with Crippen LogP contribution < -0.4 is 15.4 Å². The molecule has 1 aliphatic rings. The van der Waals surface area contributed by atoms with E-state index in [1.807, 2.05) is 31.2 Å². The molecule has 2 atom stereocenters. The third-order valence-electron chi connectivity index (χ3n) is 4.01. The maximum absolute atomic E-state index is 11.8. The Morgan fingerprint density at radius 1 is 1.31 bits per heavy atom. The minimum atomic E-state index is -0.131. The van der Waals surface area contributed by atoms with Gasteiger partial charge in [-0.3, -0.25) is 10.1 Å². The van der Waals surface area contributed by atoms with Crippen LogP contribution in [0.3, 0.4) is 0 Å². The molecule has 1 aromatic carbocycles. The summed E-state index contributed by atoms with van der Waals surface area (Å²) >= 11 is 1.54. The van der Waals surface area contributed by atoms with Crippen molar-refractivity contribution in [3.63, 3.8) is 0 Å². The van der Waals surface area contributed by atoms with Crippen LogP contribution in [0, 0.1) is 0 Å². The molecule has 1 saturated heterocycles. The largest absolute Gasteiger partial charge is 0.494 e. The molecule has 1 aliphatic heterocycles. The molecular formula is C18H24N4O3S. The van der Waals surface area contributed by atoms with Gasteiger partial charge in [-0.15, -0.1) is 11.8 Å². The van der Waals surface area contributed by atoms with Crippen LogP contribution >= 0.6 is 11.8 Å². The van der Waals surface area contributed by atoms with Crippen LogP contribution in [0.2, 0.25) is 0 Å². The molecule has 1 fully saturated rings. The number of amides is 1. The minimum Gasteiger partial charge on any atom is -0.494 e. The van der Waals surface area contributed by atoms with E-state index in [0.717, 1.165) is 24.2 Å². The number of nitrogens with one attached hydrogen (secondary N) is 2. The number of rotatable bonds is 8. The molecule has 2 unspecified atom stereocenters. The number of benzene rings is 1. The molecule has 2 aromatic rings. The van der Waals surface area contributed by atoms with Crippen molar-refractivity contribution in [1.29, 1.82) is 0 Å². The van der Waals surface area contributed by atoms with Gasteiger partial charge >= 0.3 is 0 Å². The van der Waals surface area contributed by atoms with Crippen LogP contribution in [0.1, 0.15) is 39.0 Å². The zero-order valence-corrected chi connectivity index (χ0v) is 15.8. The second-order valence-electron chi connectivity index (χ2n) is 6.08. The van der Waals surface area contributed by atoms with Crippen molar-refractivity contribution >= 4 is 17.7 Å². The van der Waals surface area contributed by atoms with Crippen LogP contribution in [-0.2, 0) is 10.5 Å². The summed E-state index contributed by atoms with van der Waals surface area (Å²) in [6, 6.07) is 7.82.